The number of nitrogens with zero attached hydrogens (tertiary/aromatic N) is 1. The van der Waals surface area contributed by atoms with Crippen molar-refractivity contribution in [2.75, 3.05) is 32.8 Å². The largest absolute Gasteiger partial charge is 0.382 e. The van der Waals surface area contributed by atoms with Crippen LogP contribution in [-0.4, -0.2) is 44.1 Å². The summed E-state index contributed by atoms with van der Waals surface area (Å²) in [6, 6.07) is 10.5. The number of hydrogen-bond donors (Lipinski definition) is 2. The minimum atomic E-state index is 0.450. The molecule has 1 aromatic carbocycles. The van der Waals surface area contributed by atoms with Crippen molar-refractivity contribution in [3.05, 3.63) is 30.3 Å². The van der Waals surface area contributed by atoms with Gasteiger partial charge < -0.3 is 15.4 Å². The summed E-state index contributed by atoms with van der Waals surface area (Å²) in [7, 11) is 0. The van der Waals surface area contributed by atoms with Gasteiger partial charge in [-0.1, -0.05) is 25.1 Å². The minimum absolute atomic E-state index is 0.450. The Balaban J connectivity index is 2.29. The maximum Gasteiger partial charge on any atom is 0.191 e. The molecule has 0 aliphatic heterocycles. The monoisotopic (exact) mass is 337 g/mol. The van der Waals surface area contributed by atoms with Gasteiger partial charge in [0.15, 0.2) is 5.96 Å². The standard InChI is InChI=1S/C18H31N3OS/c1-4-19-18(20-13-9-10-14-22-5-2)21-15-16(3)23-17-11-7-6-8-12-17/h6-8,11-12,16H,4-5,9-10,13-15H2,1-3H3,(H2,19,20,21). The zero-order valence-corrected chi connectivity index (χ0v) is 15.5. The summed E-state index contributed by atoms with van der Waals surface area (Å²) >= 11 is 1.86. The van der Waals surface area contributed by atoms with Crippen LogP contribution in [0.2, 0.25) is 0 Å². The van der Waals surface area contributed by atoms with E-state index in [-0.39, 0.29) is 0 Å². The minimum Gasteiger partial charge on any atom is -0.382 e. The van der Waals surface area contributed by atoms with Gasteiger partial charge in [-0.3, -0.25) is 4.99 Å². The third kappa shape index (κ3) is 10.2. The quantitative estimate of drug-likeness (QED) is 0.281. The molecule has 0 amide bonds. The summed E-state index contributed by atoms with van der Waals surface area (Å²) in [4.78, 5) is 5.98. The van der Waals surface area contributed by atoms with E-state index < -0.39 is 0 Å². The summed E-state index contributed by atoms with van der Waals surface area (Å²) in [6.07, 6.45) is 2.18. The van der Waals surface area contributed by atoms with Crippen LogP contribution in [0.15, 0.2) is 40.2 Å². The topological polar surface area (TPSA) is 45.7 Å². The second kappa shape index (κ2) is 13.3. The number of benzene rings is 1. The Morgan fingerprint density at radius 2 is 1.96 bits per heavy atom. The Morgan fingerprint density at radius 3 is 2.65 bits per heavy atom. The summed E-state index contributed by atoms with van der Waals surface area (Å²) in [5.41, 5.74) is 0. The third-order valence-electron chi connectivity index (χ3n) is 3.14. The molecule has 0 bridgehead atoms. The predicted molar refractivity (Wildman–Crippen MR) is 101 cm³/mol. The summed E-state index contributed by atoms with van der Waals surface area (Å²) in [5, 5.41) is 7.14. The van der Waals surface area contributed by atoms with E-state index in [0.717, 1.165) is 51.6 Å². The first-order chi connectivity index (χ1) is 11.3. The highest BCUT2D eigenvalue weighted by molar-refractivity contribution is 8.00. The second-order valence-corrected chi connectivity index (χ2v) is 6.80. The van der Waals surface area contributed by atoms with Crippen LogP contribution in [0.1, 0.15) is 33.6 Å². The fourth-order valence-corrected chi connectivity index (χ4v) is 2.94. The van der Waals surface area contributed by atoms with Crippen LogP contribution in [0.3, 0.4) is 0 Å². The third-order valence-corrected chi connectivity index (χ3v) is 4.24. The molecule has 0 aliphatic rings. The van der Waals surface area contributed by atoms with E-state index in [4.69, 9.17) is 4.74 Å². The van der Waals surface area contributed by atoms with E-state index in [2.05, 4.69) is 53.7 Å². The molecular formula is C18H31N3OS. The number of unbranched alkanes of at least 4 members (excludes halogenated alkanes) is 1. The number of guanidine groups is 1. The van der Waals surface area contributed by atoms with Crippen LogP contribution in [0.4, 0.5) is 0 Å². The highest BCUT2D eigenvalue weighted by Crippen LogP contribution is 2.22. The molecular weight excluding hydrogens is 306 g/mol. The smallest absolute Gasteiger partial charge is 0.191 e. The molecule has 130 valence electrons. The fraction of sp³-hybridized carbons (Fsp3) is 0.611. The molecule has 1 aromatic rings. The van der Waals surface area contributed by atoms with Gasteiger partial charge in [-0.05, 0) is 38.8 Å². The van der Waals surface area contributed by atoms with Crippen molar-refractivity contribution in [1.29, 1.82) is 0 Å². The van der Waals surface area contributed by atoms with Gasteiger partial charge in [-0.15, -0.1) is 11.8 Å². The first kappa shape index (κ1) is 19.8. The van der Waals surface area contributed by atoms with Crippen LogP contribution in [0.25, 0.3) is 0 Å². The van der Waals surface area contributed by atoms with Gasteiger partial charge in [0, 0.05) is 36.4 Å². The molecule has 1 atom stereocenters. The van der Waals surface area contributed by atoms with Gasteiger partial charge in [0.25, 0.3) is 0 Å². The van der Waals surface area contributed by atoms with Crippen molar-refractivity contribution < 1.29 is 4.74 Å². The number of aliphatic imine (C=N–C) groups is 1. The molecule has 0 aliphatic carbocycles. The van der Waals surface area contributed by atoms with Gasteiger partial charge in [-0.25, -0.2) is 0 Å². The van der Waals surface area contributed by atoms with E-state index >= 15 is 0 Å². The molecule has 23 heavy (non-hydrogen) atoms. The van der Waals surface area contributed by atoms with E-state index in [1.165, 1.54) is 4.90 Å². The maximum absolute atomic E-state index is 5.35. The number of nitrogens with one attached hydrogen (secondary N) is 2. The van der Waals surface area contributed by atoms with Crippen molar-refractivity contribution in [1.82, 2.24) is 10.6 Å². The Kier molecular flexibility index (Phi) is 11.4. The second-order valence-electron chi connectivity index (χ2n) is 5.29. The highest BCUT2D eigenvalue weighted by Gasteiger charge is 2.04. The number of ether oxygens (including phenoxy) is 1. The molecule has 0 saturated carbocycles. The van der Waals surface area contributed by atoms with Gasteiger partial charge in [-0.2, -0.15) is 0 Å². The first-order valence-corrected chi connectivity index (χ1v) is 9.45. The summed E-state index contributed by atoms with van der Waals surface area (Å²) in [6.45, 7) is 10.6. The lowest BCUT2D eigenvalue weighted by atomic mass is 10.3. The lowest BCUT2D eigenvalue weighted by molar-refractivity contribution is 0.143. The molecule has 4 nitrogen and oxygen atoms in total. The summed E-state index contributed by atoms with van der Waals surface area (Å²) < 4.78 is 5.35. The van der Waals surface area contributed by atoms with Crippen LogP contribution in [-0.2, 0) is 4.74 Å². The molecule has 1 unspecified atom stereocenters. The predicted octanol–water partition coefficient (Wildman–Crippen LogP) is 3.54. The van der Waals surface area contributed by atoms with Crippen LogP contribution in [0, 0.1) is 0 Å². The van der Waals surface area contributed by atoms with E-state index in [1.807, 2.05) is 24.8 Å². The first-order valence-electron chi connectivity index (χ1n) is 8.57. The molecule has 0 radical (unpaired) electrons. The maximum atomic E-state index is 5.35. The Bertz CT molecular complexity index is 426. The SMILES string of the molecule is CCNC(=NCC(C)Sc1ccccc1)NCCCCOCC. The van der Waals surface area contributed by atoms with E-state index in [1.54, 1.807) is 0 Å². The van der Waals surface area contributed by atoms with Crippen LogP contribution >= 0.6 is 11.8 Å². The van der Waals surface area contributed by atoms with E-state index in [9.17, 15) is 0 Å². The zero-order valence-electron chi connectivity index (χ0n) is 14.7. The molecule has 0 aromatic heterocycles. The molecule has 0 fully saturated rings. The van der Waals surface area contributed by atoms with Crippen LogP contribution in [0.5, 0.6) is 0 Å². The van der Waals surface area contributed by atoms with Crippen molar-refractivity contribution in [3.63, 3.8) is 0 Å². The highest BCUT2D eigenvalue weighted by atomic mass is 32.2. The molecule has 2 N–H and O–H groups in total. The van der Waals surface area contributed by atoms with Gasteiger partial charge in [0.05, 0.1) is 6.54 Å². The van der Waals surface area contributed by atoms with Crippen molar-refractivity contribution in [2.24, 2.45) is 4.99 Å². The van der Waals surface area contributed by atoms with Crippen molar-refractivity contribution in [3.8, 4) is 0 Å². The average Bonchev–Trinajstić information content (AvgIpc) is 2.56. The van der Waals surface area contributed by atoms with Gasteiger partial charge in [0.2, 0.25) is 0 Å². The Hall–Kier alpha value is -1.20. The van der Waals surface area contributed by atoms with Crippen LogP contribution < -0.4 is 10.6 Å². The molecule has 0 heterocycles. The Labute approximate surface area is 145 Å². The van der Waals surface area contributed by atoms with Crippen molar-refractivity contribution >= 4 is 17.7 Å². The van der Waals surface area contributed by atoms with Gasteiger partial charge >= 0.3 is 0 Å². The average molecular weight is 338 g/mol. The molecule has 1 rings (SSSR count). The van der Waals surface area contributed by atoms with Crippen molar-refractivity contribution in [2.45, 2.75) is 43.8 Å². The number of thioether (sulfide) groups is 1. The molecule has 5 heteroatoms. The van der Waals surface area contributed by atoms with Gasteiger partial charge in [0.1, 0.15) is 0 Å². The molecule has 0 saturated heterocycles. The van der Waals surface area contributed by atoms with E-state index in [0.29, 0.717) is 5.25 Å². The summed E-state index contributed by atoms with van der Waals surface area (Å²) in [5.74, 6) is 0.907. The fourth-order valence-electron chi connectivity index (χ4n) is 2.01. The zero-order chi connectivity index (χ0) is 16.8. The lowest BCUT2D eigenvalue weighted by Gasteiger charge is -2.13. The lowest BCUT2D eigenvalue weighted by Crippen LogP contribution is -2.38. The number of rotatable bonds is 11. The normalized spacial score (nSPS) is 12.9. The molecule has 0 spiro atoms. The Morgan fingerprint density at radius 1 is 1.17 bits per heavy atom. The number of hydrogen-bond acceptors (Lipinski definition) is 3.